The number of aliphatic hydroxyl groups excluding tert-OH is 1. The molecule has 0 rings (SSSR count). The first-order valence-corrected chi connectivity index (χ1v) is 13.0. The predicted octanol–water partition coefficient (Wildman–Crippen LogP) is 3.33. The van der Waals surface area contributed by atoms with Gasteiger partial charge in [0, 0.05) is 0 Å². The fraction of sp³-hybridized carbons (Fsp3) is 1.00. The fourth-order valence-electron chi connectivity index (χ4n) is 3.64. The summed E-state index contributed by atoms with van der Waals surface area (Å²) in [6.07, 6.45) is 17.8. The van der Waals surface area contributed by atoms with Gasteiger partial charge in [0.05, 0.1) is 21.5 Å². The van der Waals surface area contributed by atoms with Crippen LogP contribution in [-0.2, 0) is 10.1 Å². The van der Waals surface area contributed by atoms with E-state index in [2.05, 4.69) is 13.8 Å². The molecule has 0 fully saturated rings. The Hall–Kier alpha value is 1.51. The van der Waals surface area contributed by atoms with Gasteiger partial charge in [0.25, 0.3) is 0 Å². The summed E-state index contributed by atoms with van der Waals surface area (Å²) < 4.78 is 34.5. The van der Waals surface area contributed by atoms with Gasteiger partial charge in [-0.3, -0.25) is 0 Å². The quantitative estimate of drug-likeness (QED) is 0.177. The molecule has 0 amide bonds. The van der Waals surface area contributed by atoms with Gasteiger partial charge < -0.3 is 9.66 Å². The molecule has 0 spiro atoms. The summed E-state index contributed by atoms with van der Waals surface area (Å²) >= 11 is 0. The van der Waals surface area contributed by atoms with Gasteiger partial charge in [-0.2, -0.15) is 0 Å². The molecule has 1 N–H and O–H groups in total. The van der Waals surface area contributed by atoms with Crippen LogP contribution >= 0.6 is 0 Å². The van der Waals surface area contributed by atoms with Crippen molar-refractivity contribution >= 4 is 10.1 Å². The van der Waals surface area contributed by atoms with E-state index < -0.39 is 21.5 Å². The van der Waals surface area contributed by atoms with E-state index in [1.807, 2.05) is 0 Å². The zero-order valence-corrected chi connectivity index (χ0v) is 22.9. The molecule has 2 unspecified atom stereocenters. The van der Waals surface area contributed by atoms with Crippen LogP contribution in [0.5, 0.6) is 0 Å². The summed E-state index contributed by atoms with van der Waals surface area (Å²) in [5.41, 5.74) is 0. The molecule has 0 saturated carbocycles. The van der Waals surface area contributed by atoms with E-state index in [0.717, 1.165) is 32.1 Å². The van der Waals surface area contributed by atoms with E-state index in [9.17, 15) is 18.1 Å². The van der Waals surface area contributed by atoms with Crippen molar-refractivity contribution in [1.82, 2.24) is 0 Å². The molecule has 0 aromatic rings. The van der Waals surface area contributed by atoms with Crippen molar-refractivity contribution < 1.29 is 69.5 Å². The van der Waals surface area contributed by atoms with Crippen molar-refractivity contribution in [3.8, 4) is 0 Å². The Morgan fingerprint density at radius 2 is 1.04 bits per heavy atom. The normalized spacial score (nSPS) is 13.9. The average molecular weight is 445 g/mol. The van der Waals surface area contributed by atoms with Gasteiger partial charge in [-0.15, -0.1) is 0 Å². The van der Waals surface area contributed by atoms with E-state index in [-0.39, 0.29) is 57.8 Å². The van der Waals surface area contributed by atoms with Crippen molar-refractivity contribution in [1.29, 1.82) is 0 Å². The summed E-state index contributed by atoms with van der Waals surface area (Å²) in [6.45, 7) is 4.40. The summed E-state index contributed by atoms with van der Waals surface area (Å²) in [6, 6.07) is 0. The first-order chi connectivity index (χ1) is 12.9. The molecule has 6 heteroatoms. The first kappa shape index (κ1) is 31.7. The standard InChI is InChI=1S/C22H46O4S.K/c1-3-5-7-9-11-13-14-16-18-21(23)20-22(27(24,25)26)19-17-15-12-10-8-6-4-2;/h21-23H,3-20H2,1-2H3,(H,24,25,26);/q;+1/p-1. The van der Waals surface area contributed by atoms with Gasteiger partial charge in [0.2, 0.25) is 0 Å². The number of hydrogen-bond acceptors (Lipinski definition) is 4. The first-order valence-electron chi connectivity index (χ1n) is 11.5. The van der Waals surface area contributed by atoms with Gasteiger partial charge in [0.15, 0.2) is 0 Å². The van der Waals surface area contributed by atoms with Gasteiger partial charge >= 0.3 is 51.4 Å². The minimum atomic E-state index is -4.32. The third kappa shape index (κ3) is 20.8. The van der Waals surface area contributed by atoms with Crippen LogP contribution in [0, 0.1) is 0 Å². The third-order valence-corrected chi connectivity index (χ3v) is 6.71. The molecule has 0 aromatic heterocycles. The van der Waals surface area contributed by atoms with Crippen molar-refractivity contribution in [2.24, 2.45) is 0 Å². The van der Waals surface area contributed by atoms with Crippen LogP contribution in [0.15, 0.2) is 0 Å². The third-order valence-electron chi connectivity index (χ3n) is 5.46. The van der Waals surface area contributed by atoms with Crippen LogP contribution in [0.3, 0.4) is 0 Å². The van der Waals surface area contributed by atoms with Gasteiger partial charge in [0.1, 0.15) is 0 Å². The molecule has 0 radical (unpaired) electrons. The smallest absolute Gasteiger partial charge is 0.748 e. The predicted molar refractivity (Wildman–Crippen MR) is 114 cm³/mol. The maximum absolute atomic E-state index is 11.5. The minimum Gasteiger partial charge on any atom is -0.748 e. The Bertz CT molecular complexity index is 415. The zero-order valence-electron chi connectivity index (χ0n) is 19.0. The molecule has 28 heavy (non-hydrogen) atoms. The summed E-state index contributed by atoms with van der Waals surface area (Å²) in [5.74, 6) is 0. The van der Waals surface area contributed by atoms with Crippen molar-refractivity contribution in [2.75, 3.05) is 0 Å². The van der Waals surface area contributed by atoms with Crippen LogP contribution in [0.2, 0.25) is 0 Å². The Morgan fingerprint density at radius 3 is 1.43 bits per heavy atom. The topological polar surface area (TPSA) is 77.4 Å². The maximum Gasteiger partial charge on any atom is 1.00 e. The second-order valence-electron chi connectivity index (χ2n) is 8.18. The SMILES string of the molecule is CCCCCCCCCCC(O)CC(CCCCCCCCC)S(=O)(=O)[O-].[K+]. The Morgan fingerprint density at radius 1 is 0.679 bits per heavy atom. The van der Waals surface area contributed by atoms with Crippen LogP contribution in [0.4, 0.5) is 0 Å². The Labute approximate surface area is 218 Å². The van der Waals surface area contributed by atoms with E-state index in [1.165, 1.54) is 64.2 Å². The Kier molecular flexibility index (Phi) is 24.6. The summed E-state index contributed by atoms with van der Waals surface area (Å²) in [4.78, 5) is 0. The molecule has 0 heterocycles. The molecular formula is C22H45KO4S. The van der Waals surface area contributed by atoms with Crippen LogP contribution < -0.4 is 51.4 Å². The molecule has 0 aliphatic carbocycles. The number of rotatable bonds is 20. The summed E-state index contributed by atoms with van der Waals surface area (Å²) in [7, 11) is -4.32. The molecule has 164 valence electrons. The van der Waals surface area contributed by atoms with Crippen molar-refractivity contribution in [2.45, 2.75) is 141 Å². The van der Waals surface area contributed by atoms with Crippen LogP contribution in [0.25, 0.3) is 0 Å². The second kappa shape index (κ2) is 21.7. The minimum absolute atomic E-state index is 0. The van der Waals surface area contributed by atoms with E-state index in [4.69, 9.17) is 0 Å². The van der Waals surface area contributed by atoms with Crippen LogP contribution in [-0.4, -0.2) is 29.4 Å². The molecule has 4 nitrogen and oxygen atoms in total. The van der Waals surface area contributed by atoms with Gasteiger partial charge in [-0.1, -0.05) is 110 Å². The number of aliphatic hydroxyl groups is 1. The fourth-order valence-corrected chi connectivity index (χ4v) is 4.56. The molecule has 0 bridgehead atoms. The van der Waals surface area contributed by atoms with Gasteiger partial charge in [-0.25, -0.2) is 8.42 Å². The van der Waals surface area contributed by atoms with Gasteiger partial charge in [-0.05, 0) is 19.3 Å². The van der Waals surface area contributed by atoms with E-state index in [1.54, 1.807) is 0 Å². The van der Waals surface area contributed by atoms with Crippen molar-refractivity contribution in [3.05, 3.63) is 0 Å². The van der Waals surface area contributed by atoms with Crippen LogP contribution in [0.1, 0.15) is 129 Å². The maximum atomic E-state index is 11.5. The monoisotopic (exact) mass is 444 g/mol. The summed E-state index contributed by atoms with van der Waals surface area (Å²) in [5, 5.41) is 9.23. The zero-order chi connectivity index (χ0) is 20.4. The molecule has 0 aliphatic heterocycles. The van der Waals surface area contributed by atoms with E-state index in [0.29, 0.717) is 12.8 Å². The number of unbranched alkanes of at least 4 members (excludes halogenated alkanes) is 13. The van der Waals surface area contributed by atoms with E-state index >= 15 is 0 Å². The second-order valence-corrected chi connectivity index (χ2v) is 9.83. The molecule has 2 atom stereocenters. The molecule has 0 saturated heterocycles. The Balaban J connectivity index is 0. The number of hydrogen-bond donors (Lipinski definition) is 1. The molecule has 0 aromatic carbocycles. The molecular weight excluding hydrogens is 399 g/mol. The largest absolute Gasteiger partial charge is 1.00 e. The van der Waals surface area contributed by atoms with Crippen molar-refractivity contribution in [3.63, 3.8) is 0 Å². The molecule has 0 aliphatic rings. The average Bonchev–Trinajstić information content (AvgIpc) is 2.61.